The second-order valence-corrected chi connectivity index (χ2v) is 19.6. The maximum absolute atomic E-state index is 15.7. The first-order valence-corrected chi connectivity index (χ1v) is 22.2. The van der Waals surface area contributed by atoms with Crippen molar-refractivity contribution in [3.8, 4) is 22.4 Å². The third-order valence-electron chi connectivity index (χ3n) is 12.1. The van der Waals surface area contributed by atoms with Gasteiger partial charge in [0.1, 0.15) is 13.2 Å². The molecule has 5 aromatic rings. The van der Waals surface area contributed by atoms with Gasteiger partial charge in [-0.1, -0.05) is 144 Å². The van der Waals surface area contributed by atoms with Crippen LogP contribution in [0.5, 0.6) is 0 Å². The second-order valence-electron chi connectivity index (χ2n) is 19.6. The van der Waals surface area contributed by atoms with Gasteiger partial charge < -0.3 is 13.8 Å². The van der Waals surface area contributed by atoms with Crippen LogP contribution in [0.4, 0.5) is 74.6 Å². The lowest BCUT2D eigenvalue weighted by Gasteiger charge is -2.30. The van der Waals surface area contributed by atoms with Crippen LogP contribution in [-0.4, -0.2) is 72.9 Å². The molecule has 0 atom stereocenters. The summed E-state index contributed by atoms with van der Waals surface area (Å²) < 4.78 is 255. The van der Waals surface area contributed by atoms with Gasteiger partial charge in [0.15, 0.2) is 0 Å². The molecule has 0 aliphatic carbocycles. The van der Waals surface area contributed by atoms with Crippen LogP contribution in [0.25, 0.3) is 33.7 Å². The van der Waals surface area contributed by atoms with Gasteiger partial charge in [0.2, 0.25) is 0 Å². The molecule has 4 nitrogen and oxygen atoms in total. The van der Waals surface area contributed by atoms with E-state index in [1.54, 1.807) is 72.7 Å². The lowest BCUT2D eigenvalue weighted by atomic mass is 9.85. The van der Waals surface area contributed by atoms with Crippen LogP contribution in [0, 0.1) is 6.92 Å². The summed E-state index contributed by atoms with van der Waals surface area (Å²) >= 11 is 0. The Hall–Kier alpha value is -5.64. The number of fused-ring (bicyclic) bond motifs is 1. The smallest absolute Gasteiger partial charge is 0.385 e. The summed E-state index contributed by atoms with van der Waals surface area (Å²) in [5, 5.41) is 0. The molecule has 22 heteroatoms. The largest absolute Gasteiger partial charge is 0.598 e. The highest BCUT2D eigenvalue weighted by atomic mass is 19.4. The number of halogens is 17. The average Bonchev–Trinajstić information content (AvgIpc) is 3.85. The molecular weight excluding hydrogens is 1010 g/mol. The molecule has 394 valence electrons. The van der Waals surface area contributed by atoms with Crippen LogP contribution >= 0.6 is 0 Å². The lowest BCUT2D eigenvalue weighted by Crippen LogP contribution is -2.51. The van der Waals surface area contributed by atoms with E-state index in [1.807, 2.05) is 0 Å². The third-order valence-corrected chi connectivity index (χ3v) is 12.1. The van der Waals surface area contributed by atoms with Gasteiger partial charge in [-0.25, -0.2) is 4.99 Å². The van der Waals surface area contributed by atoms with Gasteiger partial charge in [0, 0.05) is 45.6 Å². The summed E-state index contributed by atoms with van der Waals surface area (Å²) in [4.78, 5) is 4.69. The van der Waals surface area contributed by atoms with Gasteiger partial charge in [-0.05, 0) is 52.5 Å². The minimum Gasteiger partial charge on any atom is -0.385 e. The molecule has 0 saturated heterocycles. The van der Waals surface area contributed by atoms with E-state index in [1.165, 1.54) is 72.8 Å². The fourth-order valence-corrected chi connectivity index (χ4v) is 7.78. The number of aromatic nitrogens is 1. The highest BCUT2D eigenvalue weighted by Gasteiger charge is 2.72. The van der Waals surface area contributed by atoms with Crippen molar-refractivity contribution in [3.63, 3.8) is 0 Å². The highest BCUT2D eigenvalue weighted by molar-refractivity contribution is 6.44. The van der Waals surface area contributed by atoms with E-state index in [0.29, 0.717) is 21.2 Å². The van der Waals surface area contributed by atoms with Crippen LogP contribution in [0.2, 0.25) is 0 Å². The maximum atomic E-state index is 15.7. The highest BCUT2D eigenvalue weighted by Crippen LogP contribution is 2.52. The first-order valence-electron chi connectivity index (χ1n) is 22.2. The molecule has 2 heterocycles. The van der Waals surface area contributed by atoms with Crippen molar-refractivity contribution < 1.29 is 83.9 Å². The summed E-state index contributed by atoms with van der Waals surface area (Å²) in [5.41, 5.74) is -1.80. The topological polar surface area (TPSA) is 35.8 Å². The third kappa shape index (κ3) is 11.7. The predicted octanol–water partition coefficient (Wildman–Crippen LogP) is 16.3. The zero-order chi connectivity index (χ0) is 54.7. The number of hydrogen-bond acceptors (Lipinski definition) is 3. The molecule has 0 unspecified atom stereocenters. The monoisotopic (exact) mass is 1050 g/mol. The normalized spacial score (nSPS) is 15.2. The number of alkyl halides is 17. The summed E-state index contributed by atoms with van der Waals surface area (Å²) in [7, 11) is -3.26. The Morgan fingerprint density at radius 1 is 0.507 bits per heavy atom. The molecule has 1 aliphatic rings. The number of allylic oxidation sites excluding steroid dienone is 1. The van der Waals surface area contributed by atoms with Gasteiger partial charge in [-0.3, -0.25) is 0 Å². The van der Waals surface area contributed by atoms with Crippen LogP contribution < -0.4 is 0 Å². The van der Waals surface area contributed by atoms with Gasteiger partial charge in [-0.2, -0.15) is 74.6 Å². The Labute approximate surface area is 409 Å². The lowest BCUT2D eigenvalue weighted by molar-refractivity contribution is -0.355. The van der Waals surface area contributed by atoms with E-state index in [2.05, 4.69) is 0 Å². The van der Waals surface area contributed by atoms with Crippen LogP contribution in [0.1, 0.15) is 93.5 Å². The van der Waals surface area contributed by atoms with Crippen molar-refractivity contribution >= 4 is 24.2 Å². The van der Waals surface area contributed by atoms with E-state index in [-0.39, 0.29) is 33.5 Å². The molecule has 1 aliphatic heterocycles. The Kier molecular flexibility index (Phi) is 15.2. The molecule has 1 aromatic heterocycles. The minimum absolute atomic E-state index is 0.0196. The zero-order valence-corrected chi connectivity index (χ0v) is 39.9. The number of hydrogen-bond donors (Lipinski definition) is 0. The summed E-state index contributed by atoms with van der Waals surface area (Å²) in [6.07, 6.45) is -23.8. The number of aliphatic imine (C=N–C) groups is 1. The second kappa shape index (κ2) is 19.6. The fourth-order valence-electron chi connectivity index (χ4n) is 7.78. The molecule has 0 bridgehead atoms. The molecule has 0 amide bonds. The van der Waals surface area contributed by atoms with E-state index < -0.39 is 109 Å². The van der Waals surface area contributed by atoms with Crippen molar-refractivity contribution in [1.29, 1.82) is 0 Å². The Morgan fingerprint density at radius 2 is 0.945 bits per heavy atom. The average molecular weight is 1050 g/mol. The molecular formula is C51H46BF17N2O2. The summed E-state index contributed by atoms with van der Waals surface area (Å²) in [6.45, 7) is 6.80. The van der Waals surface area contributed by atoms with E-state index in [9.17, 15) is 65.9 Å². The SMILES string of the molecule is Cc1ccc(C2=N/C(=C(/CCC(F)(F)C(F)(F)C(F)(F)F)c3c(-c4ccc(C(C)(C)C)cc4)cc(-c4ccc(C(C)(C)C)cc4)n3B(OCC(F)(F)C(F)(F)F)OCC(F)(F)C(F)(F)F)c3ccccc32)cc1. The quantitative estimate of drug-likeness (QED) is 0.0774. The minimum atomic E-state index is -6.85. The Balaban J connectivity index is 1.84. The number of nitrogens with zero attached hydrogens (tertiary/aromatic N) is 2. The van der Waals surface area contributed by atoms with Crippen molar-refractivity contribution in [2.75, 3.05) is 13.2 Å². The van der Waals surface area contributed by atoms with Crippen LogP contribution in [0.15, 0.2) is 108 Å². The maximum Gasteiger partial charge on any atom is 0.598 e. The number of benzene rings is 4. The molecule has 0 N–H and O–H groups in total. The van der Waals surface area contributed by atoms with Gasteiger partial charge in [0.05, 0.1) is 11.4 Å². The van der Waals surface area contributed by atoms with Crippen molar-refractivity contribution in [3.05, 3.63) is 142 Å². The van der Waals surface area contributed by atoms with Crippen LogP contribution in [0.3, 0.4) is 0 Å². The molecule has 0 fully saturated rings. The Morgan fingerprint density at radius 3 is 1.38 bits per heavy atom. The standard InChI is InChI=1S/C51H46BF17N2O2/c1-29-12-14-32(15-13-29)40-35-10-8-9-11-36(35)41(70-40)37(24-25-45(53,54)48(59,60)51(67,68)69)42-38(30-16-20-33(21-17-30)43(2,3)4)26-39(31-18-22-34(23-19-31)44(5,6)7)71(42)52(72-27-46(55,56)49(61,62)63)73-28-47(57,58)50(64,65)66/h8-23,26H,24-25,27-28H2,1-7H3/b41-37-. The molecule has 0 radical (unpaired) electrons. The van der Waals surface area contributed by atoms with Gasteiger partial charge in [0.25, 0.3) is 0 Å². The zero-order valence-electron chi connectivity index (χ0n) is 39.9. The molecule has 73 heavy (non-hydrogen) atoms. The molecule has 0 saturated carbocycles. The van der Waals surface area contributed by atoms with Crippen LogP contribution in [-0.2, 0) is 20.1 Å². The first kappa shape index (κ1) is 56.7. The first-order chi connectivity index (χ1) is 33.3. The van der Waals surface area contributed by atoms with E-state index in [0.717, 1.165) is 11.6 Å². The van der Waals surface area contributed by atoms with E-state index >= 15 is 8.78 Å². The van der Waals surface area contributed by atoms with Crippen molar-refractivity contribution in [1.82, 2.24) is 4.48 Å². The van der Waals surface area contributed by atoms with Crippen molar-refractivity contribution in [2.24, 2.45) is 4.99 Å². The predicted molar refractivity (Wildman–Crippen MR) is 243 cm³/mol. The molecule has 4 aromatic carbocycles. The van der Waals surface area contributed by atoms with Gasteiger partial charge >= 0.3 is 49.5 Å². The summed E-state index contributed by atoms with van der Waals surface area (Å²) in [5.74, 6) is -24.5. The molecule has 6 rings (SSSR count). The summed E-state index contributed by atoms with van der Waals surface area (Å²) in [6, 6.07) is 24.6. The Bertz CT molecular complexity index is 2800. The molecule has 0 spiro atoms. The number of rotatable bonds is 15. The number of aryl methyl sites for hydroxylation is 1. The van der Waals surface area contributed by atoms with E-state index in [4.69, 9.17) is 14.3 Å². The van der Waals surface area contributed by atoms with Crippen molar-refractivity contribution in [2.45, 2.75) is 114 Å². The van der Waals surface area contributed by atoms with Gasteiger partial charge in [-0.15, -0.1) is 0 Å². The fraction of sp³-hybridized carbons (Fsp3) is 0.392.